The molecule has 4 heterocycles. The summed E-state index contributed by atoms with van der Waals surface area (Å²) in [6.07, 6.45) is 1.95. The molecule has 0 aliphatic carbocycles. The summed E-state index contributed by atoms with van der Waals surface area (Å²) in [7, 11) is 6.04. The van der Waals surface area contributed by atoms with E-state index in [0.29, 0.717) is 0 Å². The Morgan fingerprint density at radius 2 is 1.41 bits per heavy atom. The molecule has 0 amide bonds. The average molecular weight is 500 g/mol. The molecule has 0 atom stereocenters. The van der Waals surface area contributed by atoms with Gasteiger partial charge in [0.25, 0.3) is 0 Å². The molecular weight excluding hydrogens is 479 g/mol. The Balaban J connectivity index is 1.36. The predicted molar refractivity (Wildman–Crippen MR) is 149 cm³/mol. The molecule has 5 nitrogen and oxygen atoms in total. The summed E-state index contributed by atoms with van der Waals surface area (Å²) in [5, 5.41) is 3.15. The van der Waals surface area contributed by atoms with Gasteiger partial charge in [-0.05, 0) is 42.0 Å². The van der Waals surface area contributed by atoms with E-state index in [2.05, 4.69) is 93.7 Å². The lowest BCUT2D eigenvalue weighted by Crippen LogP contribution is -2.07. The molecule has 0 spiro atoms. The molecule has 0 radical (unpaired) electrons. The van der Waals surface area contributed by atoms with Crippen LogP contribution < -0.4 is 10.2 Å². The van der Waals surface area contributed by atoms with Crippen molar-refractivity contribution in [3.05, 3.63) is 66.9 Å². The van der Waals surface area contributed by atoms with Crippen LogP contribution in [0.25, 0.3) is 52.6 Å². The summed E-state index contributed by atoms with van der Waals surface area (Å²) < 4.78 is 11.8. The quantitative estimate of drug-likeness (QED) is 0.267. The zero-order valence-corrected chi connectivity index (χ0v) is 21.3. The number of nitrogens with zero attached hydrogens (tertiary/aromatic N) is 4. The number of hydrogen-bond donors (Lipinski definition) is 1. The van der Waals surface area contributed by atoms with E-state index in [-0.39, 0.29) is 0 Å². The molecule has 0 bridgehead atoms. The van der Waals surface area contributed by atoms with Crippen LogP contribution in [0.1, 0.15) is 0 Å². The predicted octanol–water partition coefficient (Wildman–Crippen LogP) is 7.47. The van der Waals surface area contributed by atoms with Crippen molar-refractivity contribution < 1.29 is 0 Å². The molecule has 6 rings (SSSR count). The molecule has 0 aliphatic rings. The van der Waals surface area contributed by atoms with E-state index in [4.69, 9.17) is 4.98 Å². The molecular formula is C26H21N5S3. The van der Waals surface area contributed by atoms with Crippen molar-refractivity contribution in [2.75, 3.05) is 31.4 Å². The van der Waals surface area contributed by atoms with Gasteiger partial charge in [-0.15, -0.1) is 22.7 Å². The van der Waals surface area contributed by atoms with Crippen LogP contribution in [0.15, 0.2) is 66.9 Å². The Bertz CT molecular complexity index is 1580. The van der Waals surface area contributed by atoms with Gasteiger partial charge in [0.15, 0.2) is 0 Å². The van der Waals surface area contributed by atoms with E-state index in [1.807, 2.05) is 24.6 Å². The first kappa shape index (κ1) is 21.2. The number of pyridine rings is 1. The number of anilines is 2. The van der Waals surface area contributed by atoms with Crippen LogP contribution in [0.2, 0.25) is 0 Å². The molecule has 8 heteroatoms. The van der Waals surface area contributed by atoms with Crippen molar-refractivity contribution in [1.82, 2.24) is 13.7 Å². The lowest BCUT2D eigenvalue weighted by molar-refractivity contribution is 1.13. The van der Waals surface area contributed by atoms with Gasteiger partial charge in [0.05, 0.1) is 17.4 Å². The Kier molecular flexibility index (Phi) is 5.28. The number of nitrogens with one attached hydrogen (secondary N) is 1. The maximum Gasteiger partial charge on any atom is 0.131 e. The SMILES string of the molecule is CNc1ccc(-c2ncc(-c3cc4sc(-c5ccc(N(C)C)cc5)cc4s3)c3nsnc23)cc1. The van der Waals surface area contributed by atoms with Crippen LogP contribution in [0.3, 0.4) is 0 Å². The highest BCUT2D eigenvalue weighted by molar-refractivity contribution is 7.31. The smallest absolute Gasteiger partial charge is 0.131 e. The van der Waals surface area contributed by atoms with Crippen molar-refractivity contribution in [2.45, 2.75) is 0 Å². The van der Waals surface area contributed by atoms with E-state index < -0.39 is 0 Å². The Labute approximate surface area is 209 Å². The highest BCUT2D eigenvalue weighted by Gasteiger charge is 2.17. The number of fused-ring (bicyclic) bond motifs is 2. The second-order valence-electron chi connectivity index (χ2n) is 8.20. The van der Waals surface area contributed by atoms with Crippen LogP contribution in [-0.2, 0) is 0 Å². The minimum atomic E-state index is 0.859. The largest absolute Gasteiger partial charge is 0.388 e. The highest BCUT2D eigenvalue weighted by atomic mass is 32.1. The number of aromatic nitrogens is 3. The second-order valence-corrected chi connectivity index (χ2v) is 10.9. The summed E-state index contributed by atoms with van der Waals surface area (Å²) in [4.78, 5) is 9.40. The van der Waals surface area contributed by atoms with E-state index in [9.17, 15) is 0 Å². The van der Waals surface area contributed by atoms with Crippen molar-refractivity contribution in [3.63, 3.8) is 0 Å². The van der Waals surface area contributed by atoms with Crippen LogP contribution in [0.5, 0.6) is 0 Å². The Hall–Kier alpha value is -3.33. The maximum atomic E-state index is 4.81. The molecule has 0 aliphatic heterocycles. The minimum absolute atomic E-state index is 0.859. The molecule has 0 fully saturated rings. The first-order chi connectivity index (χ1) is 16.6. The lowest BCUT2D eigenvalue weighted by Gasteiger charge is -2.12. The standard InChI is InChI=1S/C26H21N5S3/c1-27-17-8-4-16(5-9-17)24-26-25(29-34-30-26)19(14-28-24)21-13-23-22(33-21)12-20(32-23)15-6-10-18(11-7-15)31(2)3/h4-14,27H,1-3H3. The normalized spacial score (nSPS) is 11.4. The van der Waals surface area contributed by atoms with Crippen molar-refractivity contribution in [3.8, 4) is 32.1 Å². The van der Waals surface area contributed by atoms with E-state index in [1.54, 1.807) is 11.3 Å². The number of hydrogen-bond acceptors (Lipinski definition) is 8. The Morgan fingerprint density at radius 1 is 0.765 bits per heavy atom. The molecule has 4 aromatic heterocycles. The zero-order chi connectivity index (χ0) is 23.2. The monoisotopic (exact) mass is 499 g/mol. The summed E-state index contributed by atoms with van der Waals surface area (Å²) in [5.41, 5.74) is 8.27. The van der Waals surface area contributed by atoms with Crippen LogP contribution in [0, 0.1) is 0 Å². The van der Waals surface area contributed by atoms with Crippen molar-refractivity contribution in [1.29, 1.82) is 0 Å². The molecule has 0 unspecified atom stereocenters. The maximum absolute atomic E-state index is 4.81. The third-order valence-corrected chi connectivity index (χ3v) is 8.78. The van der Waals surface area contributed by atoms with Crippen molar-refractivity contribution >= 4 is 66.2 Å². The number of benzene rings is 2. The highest BCUT2D eigenvalue weighted by Crippen LogP contribution is 2.43. The molecule has 1 N–H and O–H groups in total. The fraction of sp³-hybridized carbons (Fsp3) is 0.115. The molecule has 168 valence electrons. The molecule has 6 aromatic rings. The second kappa shape index (κ2) is 8.47. The average Bonchev–Trinajstić information content (AvgIpc) is 3.59. The summed E-state index contributed by atoms with van der Waals surface area (Å²) >= 11 is 4.86. The van der Waals surface area contributed by atoms with Gasteiger partial charge in [-0.1, -0.05) is 24.3 Å². The van der Waals surface area contributed by atoms with Gasteiger partial charge >= 0.3 is 0 Å². The topological polar surface area (TPSA) is 53.9 Å². The summed E-state index contributed by atoms with van der Waals surface area (Å²) in [6, 6.07) is 21.5. The van der Waals surface area contributed by atoms with Gasteiger partial charge in [-0.3, -0.25) is 4.98 Å². The van der Waals surface area contributed by atoms with Gasteiger partial charge in [0, 0.05) is 69.0 Å². The number of rotatable bonds is 5. The van der Waals surface area contributed by atoms with Crippen LogP contribution in [0.4, 0.5) is 11.4 Å². The Morgan fingerprint density at radius 3 is 2.12 bits per heavy atom. The van der Waals surface area contributed by atoms with Crippen molar-refractivity contribution in [2.24, 2.45) is 0 Å². The first-order valence-corrected chi connectivity index (χ1v) is 13.2. The van der Waals surface area contributed by atoms with Crippen LogP contribution in [-0.4, -0.2) is 34.9 Å². The van der Waals surface area contributed by atoms with E-state index in [1.165, 1.54) is 42.1 Å². The summed E-state index contributed by atoms with van der Waals surface area (Å²) in [5.74, 6) is 0. The van der Waals surface area contributed by atoms with Gasteiger partial charge in [-0.2, -0.15) is 8.75 Å². The molecule has 0 saturated heterocycles. The van der Waals surface area contributed by atoms with Crippen LogP contribution >= 0.6 is 34.4 Å². The lowest BCUT2D eigenvalue weighted by atomic mass is 10.1. The van der Waals surface area contributed by atoms with E-state index in [0.717, 1.165) is 33.5 Å². The number of thiophene rings is 2. The third-order valence-electron chi connectivity index (χ3n) is 5.88. The van der Waals surface area contributed by atoms with Gasteiger partial charge in [-0.25, -0.2) is 0 Å². The molecule has 2 aromatic carbocycles. The first-order valence-electron chi connectivity index (χ1n) is 10.8. The molecule has 0 saturated carbocycles. The minimum Gasteiger partial charge on any atom is -0.388 e. The summed E-state index contributed by atoms with van der Waals surface area (Å²) in [6.45, 7) is 0. The molecule has 34 heavy (non-hydrogen) atoms. The fourth-order valence-corrected chi connectivity index (χ4v) is 6.97. The van der Waals surface area contributed by atoms with Gasteiger partial charge in [0.2, 0.25) is 0 Å². The van der Waals surface area contributed by atoms with Gasteiger partial charge in [0.1, 0.15) is 11.0 Å². The zero-order valence-electron chi connectivity index (χ0n) is 18.9. The van der Waals surface area contributed by atoms with Gasteiger partial charge < -0.3 is 10.2 Å². The third kappa shape index (κ3) is 3.64. The fourth-order valence-electron chi connectivity index (χ4n) is 3.99. The van der Waals surface area contributed by atoms with E-state index >= 15 is 0 Å².